The molecule has 1 fully saturated rings. The molecule has 17 heavy (non-hydrogen) atoms. The summed E-state index contributed by atoms with van der Waals surface area (Å²) in [7, 11) is 0. The van der Waals surface area contributed by atoms with Gasteiger partial charge in [0, 0.05) is 24.3 Å². The second-order valence-corrected chi connectivity index (χ2v) is 5.17. The van der Waals surface area contributed by atoms with Crippen LogP contribution in [-0.2, 0) is 11.3 Å². The van der Waals surface area contributed by atoms with Crippen LogP contribution >= 0.6 is 0 Å². The number of benzene rings is 1. The molecule has 2 N–H and O–H groups in total. The zero-order valence-electron chi connectivity index (χ0n) is 10.8. The highest BCUT2D eigenvalue weighted by Crippen LogP contribution is 2.26. The average Bonchev–Trinajstić information content (AvgIpc) is 2.61. The quantitative estimate of drug-likeness (QED) is 0.845. The van der Waals surface area contributed by atoms with E-state index in [2.05, 4.69) is 19.2 Å². The Hall–Kier alpha value is -1.06. The van der Waals surface area contributed by atoms with Gasteiger partial charge in [-0.15, -0.1) is 0 Å². The number of aromatic hydroxyl groups is 1. The zero-order valence-corrected chi connectivity index (χ0v) is 10.8. The summed E-state index contributed by atoms with van der Waals surface area (Å²) in [4.78, 5) is 0. The molecule has 0 radical (unpaired) electrons. The standard InChI is InChI=1S/C14H21NO2/c1-10-4-5-13(16)12(8-10)9-15-14(3)6-7-17-11(14)2/h4-5,8,11,15-16H,6-7,9H2,1-3H3. The van der Waals surface area contributed by atoms with Crippen LogP contribution in [0.25, 0.3) is 0 Å². The highest BCUT2D eigenvalue weighted by Gasteiger charge is 2.36. The van der Waals surface area contributed by atoms with Crippen molar-refractivity contribution in [3.63, 3.8) is 0 Å². The van der Waals surface area contributed by atoms with Crippen LogP contribution in [0.15, 0.2) is 18.2 Å². The molecule has 0 saturated carbocycles. The molecule has 0 spiro atoms. The third-order valence-electron chi connectivity index (χ3n) is 3.80. The maximum Gasteiger partial charge on any atom is 0.120 e. The van der Waals surface area contributed by atoms with E-state index in [4.69, 9.17) is 4.74 Å². The monoisotopic (exact) mass is 235 g/mol. The van der Waals surface area contributed by atoms with Crippen LogP contribution in [0.1, 0.15) is 31.4 Å². The number of nitrogens with one attached hydrogen (secondary N) is 1. The van der Waals surface area contributed by atoms with Gasteiger partial charge in [0.2, 0.25) is 0 Å². The van der Waals surface area contributed by atoms with Crippen LogP contribution in [0.3, 0.4) is 0 Å². The minimum Gasteiger partial charge on any atom is -0.508 e. The molecule has 1 aromatic rings. The Morgan fingerprint density at radius 3 is 2.94 bits per heavy atom. The molecule has 2 atom stereocenters. The molecule has 0 bridgehead atoms. The Kier molecular flexibility index (Phi) is 3.40. The molecule has 1 heterocycles. The van der Waals surface area contributed by atoms with E-state index in [-0.39, 0.29) is 11.6 Å². The fourth-order valence-electron chi connectivity index (χ4n) is 2.22. The fourth-order valence-corrected chi connectivity index (χ4v) is 2.22. The summed E-state index contributed by atoms with van der Waals surface area (Å²) in [6.07, 6.45) is 1.23. The van der Waals surface area contributed by atoms with Gasteiger partial charge in [0.05, 0.1) is 6.10 Å². The molecule has 94 valence electrons. The molecular weight excluding hydrogens is 214 g/mol. The lowest BCUT2D eigenvalue weighted by Gasteiger charge is -2.29. The van der Waals surface area contributed by atoms with Crippen molar-refractivity contribution in [3.8, 4) is 5.75 Å². The first kappa shape index (κ1) is 12.4. The van der Waals surface area contributed by atoms with Crippen LogP contribution < -0.4 is 5.32 Å². The largest absolute Gasteiger partial charge is 0.508 e. The summed E-state index contributed by atoms with van der Waals surface area (Å²) in [6, 6.07) is 5.69. The topological polar surface area (TPSA) is 41.5 Å². The summed E-state index contributed by atoms with van der Waals surface area (Å²) >= 11 is 0. The molecule has 0 aliphatic carbocycles. The number of phenols is 1. The maximum absolute atomic E-state index is 9.79. The van der Waals surface area contributed by atoms with Crippen molar-refractivity contribution >= 4 is 0 Å². The molecule has 0 aromatic heterocycles. The molecular formula is C14H21NO2. The van der Waals surface area contributed by atoms with E-state index < -0.39 is 0 Å². The van der Waals surface area contributed by atoms with Gasteiger partial charge in [-0.2, -0.15) is 0 Å². The second kappa shape index (κ2) is 4.67. The number of phenolic OH excluding ortho intramolecular Hbond substituents is 1. The summed E-state index contributed by atoms with van der Waals surface area (Å²) < 4.78 is 5.59. The van der Waals surface area contributed by atoms with E-state index in [0.29, 0.717) is 12.3 Å². The fraction of sp³-hybridized carbons (Fsp3) is 0.571. The molecule has 1 saturated heterocycles. The first-order valence-electron chi connectivity index (χ1n) is 6.16. The predicted octanol–water partition coefficient (Wildman–Crippen LogP) is 2.36. The first-order chi connectivity index (χ1) is 8.01. The molecule has 2 unspecified atom stereocenters. The van der Waals surface area contributed by atoms with Gasteiger partial charge in [-0.3, -0.25) is 0 Å². The van der Waals surface area contributed by atoms with Crippen LogP contribution in [0.2, 0.25) is 0 Å². The van der Waals surface area contributed by atoms with Crippen LogP contribution in [0.4, 0.5) is 0 Å². The highest BCUT2D eigenvalue weighted by molar-refractivity contribution is 5.35. The minimum atomic E-state index is 0.0101. The Bertz CT molecular complexity index is 405. The van der Waals surface area contributed by atoms with E-state index >= 15 is 0 Å². The summed E-state index contributed by atoms with van der Waals surface area (Å²) in [6.45, 7) is 7.79. The molecule has 2 rings (SSSR count). The lowest BCUT2D eigenvalue weighted by Crippen LogP contribution is -2.47. The summed E-state index contributed by atoms with van der Waals surface area (Å²) in [5.74, 6) is 0.360. The van der Waals surface area contributed by atoms with E-state index in [1.54, 1.807) is 6.07 Å². The Morgan fingerprint density at radius 2 is 2.29 bits per heavy atom. The van der Waals surface area contributed by atoms with Crippen LogP contribution in [-0.4, -0.2) is 23.4 Å². The van der Waals surface area contributed by atoms with Crippen molar-refractivity contribution in [2.24, 2.45) is 0 Å². The Labute approximate surface area is 103 Å². The SMILES string of the molecule is Cc1ccc(O)c(CNC2(C)CCOC2C)c1. The minimum absolute atomic E-state index is 0.0101. The number of hydrogen-bond donors (Lipinski definition) is 2. The number of ether oxygens (including phenoxy) is 1. The van der Waals surface area contributed by atoms with Gasteiger partial charge in [0.15, 0.2) is 0 Å². The summed E-state index contributed by atoms with van der Waals surface area (Å²) in [5, 5.41) is 13.3. The average molecular weight is 235 g/mol. The van der Waals surface area contributed by atoms with Crippen LogP contribution in [0.5, 0.6) is 5.75 Å². The smallest absolute Gasteiger partial charge is 0.120 e. The van der Waals surface area contributed by atoms with Gasteiger partial charge >= 0.3 is 0 Å². The van der Waals surface area contributed by atoms with E-state index in [9.17, 15) is 5.11 Å². The van der Waals surface area contributed by atoms with Crippen molar-refractivity contribution in [1.29, 1.82) is 0 Å². The number of aryl methyl sites for hydroxylation is 1. The molecule has 3 heteroatoms. The van der Waals surface area contributed by atoms with Gasteiger partial charge in [0.1, 0.15) is 5.75 Å². The maximum atomic E-state index is 9.79. The normalized spacial score (nSPS) is 28.5. The van der Waals surface area contributed by atoms with Crippen LogP contribution in [0, 0.1) is 6.92 Å². The third-order valence-corrected chi connectivity index (χ3v) is 3.80. The van der Waals surface area contributed by atoms with Gasteiger partial charge in [-0.1, -0.05) is 17.7 Å². The Balaban J connectivity index is 2.04. The summed E-state index contributed by atoms with van der Waals surface area (Å²) in [5.41, 5.74) is 2.13. The van der Waals surface area contributed by atoms with E-state index in [1.165, 1.54) is 5.56 Å². The molecule has 1 aromatic carbocycles. The predicted molar refractivity (Wildman–Crippen MR) is 68.1 cm³/mol. The highest BCUT2D eigenvalue weighted by atomic mass is 16.5. The first-order valence-corrected chi connectivity index (χ1v) is 6.16. The van der Waals surface area contributed by atoms with Crippen molar-refractivity contribution in [2.45, 2.75) is 45.4 Å². The van der Waals surface area contributed by atoms with Gasteiger partial charge in [-0.25, -0.2) is 0 Å². The van der Waals surface area contributed by atoms with Gasteiger partial charge in [-0.05, 0) is 33.3 Å². The Morgan fingerprint density at radius 1 is 1.53 bits per heavy atom. The molecule has 1 aliphatic rings. The third kappa shape index (κ3) is 2.61. The zero-order chi connectivity index (χ0) is 12.5. The van der Waals surface area contributed by atoms with Gasteiger partial charge < -0.3 is 15.2 Å². The van der Waals surface area contributed by atoms with E-state index in [0.717, 1.165) is 18.6 Å². The number of hydrogen-bond acceptors (Lipinski definition) is 3. The molecule has 1 aliphatic heterocycles. The second-order valence-electron chi connectivity index (χ2n) is 5.17. The lowest BCUT2D eigenvalue weighted by molar-refractivity contribution is 0.0880. The van der Waals surface area contributed by atoms with Crippen molar-refractivity contribution < 1.29 is 9.84 Å². The lowest BCUT2D eigenvalue weighted by atomic mass is 9.94. The van der Waals surface area contributed by atoms with Crippen molar-refractivity contribution in [2.75, 3.05) is 6.61 Å². The van der Waals surface area contributed by atoms with Gasteiger partial charge in [0.25, 0.3) is 0 Å². The molecule has 0 amide bonds. The van der Waals surface area contributed by atoms with E-state index in [1.807, 2.05) is 19.1 Å². The van der Waals surface area contributed by atoms with Crippen molar-refractivity contribution in [1.82, 2.24) is 5.32 Å². The molecule has 3 nitrogen and oxygen atoms in total. The van der Waals surface area contributed by atoms with Crippen molar-refractivity contribution in [3.05, 3.63) is 29.3 Å². The number of rotatable bonds is 3.